The second-order valence-electron chi connectivity index (χ2n) is 5.07. The fourth-order valence-electron chi connectivity index (χ4n) is 1.29. The smallest absolute Gasteiger partial charge is 0.0443 e. The van der Waals surface area contributed by atoms with Crippen molar-refractivity contribution in [2.45, 2.75) is 32.1 Å². The number of nitrogens with one attached hydrogen (secondary N) is 1. The van der Waals surface area contributed by atoms with Crippen LogP contribution in [0.4, 0.5) is 0 Å². The zero-order chi connectivity index (χ0) is 10.3. The molecule has 80 valence electrons. The van der Waals surface area contributed by atoms with Crippen molar-refractivity contribution in [3.05, 3.63) is 0 Å². The fourth-order valence-corrected chi connectivity index (χ4v) is 2.51. The molecule has 1 N–H and O–H groups in total. The van der Waals surface area contributed by atoms with Gasteiger partial charge in [-0.3, -0.25) is 0 Å². The molecule has 0 radical (unpaired) electrons. The largest absolute Gasteiger partial charge is 0.318 e. The molecule has 0 amide bonds. The lowest BCUT2D eigenvalue weighted by Gasteiger charge is -2.20. The highest BCUT2D eigenvalue weighted by Gasteiger charge is 2.12. The van der Waals surface area contributed by atoms with Gasteiger partial charge in [-0.1, -0.05) is 25.7 Å². The van der Waals surface area contributed by atoms with E-state index in [4.69, 9.17) is 0 Å². The Kier molecular flexibility index (Phi) is 6.64. The van der Waals surface area contributed by atoms with Crippen LogP contribution in [0.3, 0.4) is 0 Å². The van der Waals surface area contributed by atoms with Crippen molar-refractivity contribution in [1.82, 2.24) is 10.2 Å². The van der Waals surface area contributed by atoms with Gasteiger partial charge in [-0.2, -0.15) is 0 Å². The lowest BCUT2D eigenvalue weighted by molar-refractivity contribution is 0.335. The summed E-state index contributed by atoms with van der Waals surface area (Å²) in [7, 11) is 3.42. The molecular weight excluding hydrogens is 176 g/mol. The van der Waals surface area contributed by atoms with Gasteiger partial charge in [0.2, 0.25) is 0 Å². The van der Waals surface area contributed by atoms with Gasteiger partial charge in [-0.25, -0.2) is 0 Å². The third-order valence-corrected chi connectivity index (χ3v) is 4.06. The van der Waals surface area contributed by atoms with Crippen LogP contribution in [0.15, 0.2) is 0 Å². The lowest BCUT2D eigenvalue weighted by atomic mass is 10.4. The Balaban J connectivity index is 3.31. The number of nitrogens with zero attached hydrogens (tertiary/aromatic N) is 1. The van der Waals surface area contributed by atoms with Gasteiger partial charge in [0.1, 0.15) is 0 Å². The molecule has 3 heteroatoms. The highest BCUT2D eigenvalue weighted by Crippen LogP contribution is 2.10. The first-order valence-corrected chi connectivity index (χ1v) is 8.99. The minimum absolute atomic E-state index is 0.798. The molecule has 0 aliphatic carbocycles. The van der Waals surface area contributed by atoms with Gasteiger partial charge < -0.3 is 10.2 Å². The average molecular weight is 202 g/mol. The second kappa shape index (κ2) is 6.57. The summed E-state index contributed by atoms with van der Waals surface area (Å²) < 4.78 is 0. The molecule has 0 heterocycles. The van der Waals surface area contributed by atoms with Gasteiger partial charge in [0, 0.05) is 21.2 Å². The number of hydrogen-bond acceptors (Lipinski definition) is 2. The lowest BCUT2D eigenvalue weighted by Crippen LogP contribution is -2.29. The third kappa shape index (κ3) is 10.1. The summed E-state index contributed by atoms with van der Waals surface area (Å²) in [4.78, 5) is 2.41. The summed E-state index contributed by atoms with van der Waals surface area (Å²) in [6, 6.07) is 1.46. The summed E-state index contributed by atoms with van der Waals surface area (Å²) in [5, 5.41) is 3.17. The molecule has 0 saturated heterocycles. The van der Waals surface area contributed by atoms with E-state index < -0.39 is 8.07 Å². The van der Waals surface area contributed by atoms with Crippen LogP contribution in [0.2, 0.25) is 25.7 Å². The van der Waals surface area contributed by atoms with Crippen molar-refractivity contribution in [3.63, 3.8) is 0 Å². The summed E-state index contributed by atoms with van der Waals surface area (Å²) >= 11 is 0. The van der Waals surface area contributed by atoms with Crippen LogP contribution < -0.4 is 5.32 Å². The van der Waals surface area contributed by atoms with Crippen LogP contribution in [-0.4, -0.2) is 46.7 Å². The predicted octanol–water partition coefficient (Wildman–Crippen LogP) is 1.87. The topological polar surface area (TPSA) is 15.3 Å². The Morgan fingerprint density at radius 2 is 1.77 bits per heavy atom. The SMILES string of the molecule is CNCCN(C)CCC[Si](C)(C)C. The van der Waals surface area contributed by atoms with Gasteiger partial charge in [-0.15, -0.1) is 0 Å². The summed E-state index contributed by atoms with van der Waals surface area (Å²) in [6.07, 6.45) is 1.37. The predicted molar refractivity (Wildman–Crippen MR) is 64.2 cm³/mol. The quantitative estimate of drug-likeness (QED) is 0.634. The zero-order valence-electron chi connectivity index (χ0n) is 9.98. The van der Waals surface area contributed by atoms with Crippen molar-refractivity contribution in [3.8, 4) is 0 Å². The Bertz CT molecular complexity index is 121. The zero-order valence-corrected chi connectivity index (χ0v) is 11.0. The maximum absolute atomic E-state index is 3.17. The number of rotatable bonds is 7. The Labute approximate surface area is 84.7 Å². The summed E-state index contributed by atoms with van der Waals surface area (Å²) in [5.41, 5.74) is 0. The van der Waals surface area contributed by atoms with E-state index in [0.717, 1.165) is 6.54 Å². The summed E-state index contributed by atoms with van der Waals surface area (Å²) in [5.74, 6) is 0. The van der Waals surface area contributed by atoms with Gasteiger partial charge in [0.05, 0.1) is 0 Å². The van der Waals surface area contributed by atoms with Gasteiger partial charge in [-0.05, 0) is 27.1 Å². The van der Waals surface area contributed by atoms with Crippen LogP contribution in [-0.2, 0) is 0 Å². The van der Waals surface area contributed by atoms with Crippen molar-refractivity contribution < 1.29 is 0 Å². The van der Waals surface area contributed by atoms with Crippen LogP contribution in [0.1, 0.15) is 6.42 Å². The first-order chi connectivity index (χ1) is 5.95. The number of hydrogen-bond donors (Lipinski definition) is 1. The molecule has 0 fully saturated rings. The number of likely N-dealkylation sites (N-methyl/N-ethyl adjacent to an activating group) is 2. The summed E-state index contributed by atoms with van der Waals surface area (Å²) in [6.45, 7) is 10.9. The molecule has 0 aliphatic heterocycles. The molecule has 0 bridgehead atoms. The molecule has 0 aromatic carbocycles. The molecule has 0 aliphatic rings. The van der Waals surface area contributed by atoms with E-state index >= 15 is 0 Å². The van der Waals surface area contributed by atoms with Crippen molar-refractivity contribution in [2.75, 3.05) is 33.7 Å². The molecule has 0 aromatic rings. The van der Waals surface area contributed by atoms with Crippen LogP contribution in [0.25, 0.3) is 0 Å². The van der Waals surface area contributed by atoms with Crippen LogP contribution in [0.5, 0.6) is 0 Å². The van der Waals surface area contributed by atoms with Crippen molar-refractivity contribution in [1.29, 1.82) is 0 Å². The normalized spacial score (nSPS) is 12.5. The van der Waals surface area contributed by atoms with Gasteiger partial charge >= 0.3 is 0 Å². The molecule has 13 heavy (non-hydrogen) atoms. The molecule has 2 nitrogen and oxygen atoms in total. The Morgan fingerprint density at radius 3 is 2.23 bits per heavy atom. The highest BCUT2D eigenvalue weighted by molar-refractivity contribution is 6.76. The highest BCUT2D eigenvalue weighted by atomic mass is 28.3. The molecule has 0 unspecified atom stereocenters. The standard InChI is InChI=1S/C10H26N2Si/c1-11-7-9-12(2)8-6-10-13(3,4)5/h11H,6-10H2,1-5H3. The average Bonchev–Trinajstić information content (AvgIpc) is 1.98. The van der Waals surface area contributed by atoms with Crippen LogP contribution >= 0.6 is 0 Å². The maximum Gasteiger partial charge on any atom is 0.0443 e. The minimum Gasteiger partial charge on any atom is -0.318 e. The molecular formula is C10H26N2Si. The molecule has 0 rings (SSSR count). The van der Waals surface area contributed by atoms with E-state index in [2.05, 4.69) is 36.9 Å². The van der Waals surface area contributed by atoms with Gasteiger partial charge in [0.25, 0.3) is 0 Å². The van der Waals surface area contributed by atoms with E-state index in [1.165, 1.54) is 25.6 Å². The monoisotopic (exact) mass is 202 g/mol. The van der Waals surface area contributed by atoms with E-state index in [1.54, 1.807) is 0 Å². The fraction of sp³-hybridized carbons (Fsp3) is 1.00. The van der Waals surface area contributed by atoms with Crippen molar-refractivity contribution >= 4 is 8.07 Å². The van der Waals surface area contributed by atoms with Gasteiger partial charge in [0.15, 0.2) is 0 Å². The van der Waals surface area contributed by atoms with E-state index in [9.17, 15) is 0 Å². The molecule has 0 atom stereocenters. The van der Waals surface area contributed by atoms with E-state index in [1.807, 2.05) is 7.05 Å². The Hall–Kier alpha value is 0.137. The Morgan fingerprint density at radius 1 is 1.15 bits per heavy atom. The minimum atomic E-state index is -0.798. The third-order valence-electron chi connectivity index (χ3n) is 2.21. The first kappa shape index (κ1) is 13.1. The van der Waals surface area contributed by atoms with E-state index in [-0.39, 0.29) is 0 Å². The molecule has 0 aromatic heterocycles. The maximum atomic E-state index is 3.17. The second-order valence-corrected chi connectivity index (χ2v) is 10.7. The molecule has 0 saturated carbocycles. The first-order valence-electron chi connectivity index (χ1n) is 5.29. The van der Waals surface area contributed by atoms with E-state index in [0.29, 0.717) is 0 Å². The van der Waals surface area contributed by atoms with Crippen LogP contribution in [0, 0.1) is 0 Å². The van der Waals surface area contributed by atoms with Crippen molar-refractivity contribution in [2.24, 2.45) is 0 Å². The molecule has 0 spiro atoms.